The lowest BCUT2D eigenvalue weighted by Crippen LogP contribution is -2.04. The minimum absolute atomic E-state index is 0.520. The van der Waals surface area contributed by atoms with E-state index in [1.165, 1.54) is 89.9 Å². The minimum atomic E-state index is 0.520. The van der Waals surface area contributed by atoms with Crippen molar-refractivity contribution in [2.75, 3.05) is 0 Å². The van der Waals surface area contributed by atoms with Crippen LogP contribution in [0.25, 0.3) is 0 Å². The van der Waals surface area contributed by atoms with Gasteiger partial charge in [-0.25, -0.2) is 0 Å². The molecule has 0 N–H and O–H groups in total. The molecule has 0 rings (SSSR count). The topological polar surface area (TPSA) is 17.1 Å². The molecule has 0 spiro atoms. The standard InChI is InChI=1S/C23H46O/c1-4-7-10-11-12-15-20-23(24)21-16-19-22(17-13-8-5-2)18-14-9-6-3/h22H,4-21H2,1-3H3. The maximum atomic E-state index is 12.0. The maximum absolute atomic E-state index is 12.0. The molecule has 0 aliphatic carbocycles. The van der Waals surface area contributed by atoms with Crippen molar-refractivity contribution in [3.8, 4) is 0 Å². The number of Topliss-reactive ketones (excluding diaryl/α,β-unsaturated/α-hetero) is 1. The second-order valence-electron chi connectivity index (χ2n) is 7.81. The third kappa shape index (κ3) is 16.5. The second kappa shape index (κ2) is 19.0. The van der Waals surface area contributed by atoms with Crippen molar-refractivity contribution in [2.24, 2.45) is 5.92 Å². The molecule has 0 aliphatic heterocycles. The van der Waals surface area contributed by atoms with Crippen LogP contribution >= 0.6 is 0 Å². The molecular weight excluding hydrogens is 292 g/mol. The molecule has 0 aromatic heterocycles. The second-order valence-corrected chi connectivity index (χ2v) is 7.81. The van der Waals surface area contributed by atoms with E-state index < -0.39 is 0 Å². The highest BCUT2D eigenvalue weighted by Crippen LogP contribution is 2.23. The van der Waals surface area contributed by atoms with Crippen LogP contribution in [-0.2, 0) is 4.79 Å². The Morgan fingerprint density at radius 1 is 0.542 bits per heavy atom. The number of hydrogen-bond acceptors (Lipinski definition) is 1. The molecule has 0 amide bonds. The van der Waals surface area contributed by atoms with Crippen LogP contribution in [0.15, 0.2) is 0 Å². The monoisotopic (exact) mass is 338 g/mol. The summed E-state index contributed by atoms with van der Waals surface area (Å²) in [4.78, 5) is 12.0. The van der Waals surface area contributed by atoms with E-state index >= 15 is 0 Å². The molecule has 0 atom stereocenters. The van der Waals surface area contributed by atoms with Gasteiger partial charge < -0.3 is 0 Å². The van der Waals surface area contributed by atoms with Crippen molar-refractivity contribution in [3.05, 3.63) is 0 Å². The first kappa shape index (κ1) is 23.7. The summed E-state index contributed by atoms with van der Waals surface area (Å²) in [6.07, 6.45) is 22.7. The molecule has 0 saturated carbocycles. The van der Waals surface area contributed by atoms with E-state index in [2.05, 4.69) is 20.8 Å². The van der Waals surface area contributed by atoms with Crippen LogP contribution in [0.4, 0.5) is 0 Å². The molecule has 0 unspecified atom stereocenters. The Morgan fingerprint density at radius 3 is 1.54 bits per heavy atom. The molecule has 0 aliphatic rings. The number of unbranched alkanes of at least 4 members (excludes halogenated alkanes) is 9. The summed E-state index contributed by atoms with van der Waals surface area (Å²) in [5, 5.41) is 0. The molecule has 1 nitrogen and oxygen atoms in total. The largest absolute Gasteiger partial charge is 0.300 e. The van der Waals surface area contributed by atoms with Gasteiger partial charge in [-0.2, -0.15) is 0 Å². The summed E-state index contributed by atoms with van der Waals surface area (Å²) in [6, 6.07) is 0. The van der Waals surface area contributed by atoms with Gasteiger partial charge in [-0.1, -0.05) is 111 Å². The van der Waals surface area contributed by atoms with Gasteiger partial charge in [0.05, 0.1) is 0 Å². The number of hydrogen-bond donors (Lipinski definition) is 0. The maximum Gasteiger partial charge on any atom is 0.132 e. The van der Waals surface area contributed by atoms with Gasteiger partial charge in [0.15, 0.2) is 0 Å². The molecule has 1 heteroatoms. The summed E-state index contributed by atoms with van der Waals surface area (Å²) >= 11 is 0. The first-order chi connectivity index (χ1) is 11.7. The van der Waals surface area contributed by atoms with E-state index in [9.17, 15) is 4.79 Å². The van der Waals surface area contributed by atoms with Crippen molar-refractivity contribution >= 4 is 5.78 Å². The number of ketones is 1. The van der Waals surface area contributed by atoms with E-state index in [1.54, 1.807) is 0 Å². The normalized spacial score (nSPS) is 11.3. The van der Waals surface area contributed by atoms with Gasteiger partial charge in [0.1, 0.15) is 5.78 Å². The zero-order valence-electron chi connectivity index (χ0n) is 17.2. The molecule has 24 heavy (non-hydrogen) atoms. The molecule has 0 bridgehead atoms. The van der Waals surface area contributed by atoms with Gasteiger partial charge in [-0.05, 0) is 18.8 Å². The zero-order chi connectivity index (χ0) is 17.9. The van der Waals surface area contributed by atoms with Gasteiger partial charge >= 0.3 is 0 Å². The fourth-order valence-corrected chi connectivity index (χ4v) is 3.61. The predicted molar refractivity (Wildman–Crippen MR) is 109 cm³/mol. The van der Waals surface area contributed by atoms with Gasteiger partial charge in [0, 0.05) is 12.8 Å². The van der Waals surface area contributed by atoms with Crippen molar-refractivity contribution < 1.29 is 4.79 Å². The Bertz CT molecular complexity index is 249. The third-order valence-corrected chi connectivity index (χ3v) is 5.31. The summed E-state index contributed by atoms with van der Waals surface area (Å²) in [6.45, 7) is 6.82. The molecule has 0 fully saturated rings. The van der Waals surface area contributed by atoms with Gasteiger partial charge in [-0.3, -0.25) is 4.79 Å². The Balaban J connectivity index is 3.71. The Kier molecular flexibility index (Phi) is 18.7. The number of carbonyl (C=O) groups is 1. The molecule has 0 heterocycles. The molecule has 0 aromatic carbocycles. The zero-order valence-corrected chi connectivity index (χ0v) is 17.2. The van der Waals surface area contributed by atoms with Gasteiger partial charge in [0.2, 0.25) is 0 Å². The fourth-order valence-electron chi connectivity index (χ4n) is 3.61. The van der Waals surface area contributed by atoms with Crippen LogP contribution in [0.1, 0.15) is 136 Å². The quantitative estimate of drug-likeness (QED) is 0.217. The lowest BCUT2D eigenvalue weighted by atomic mass is 9.90. The molecule has 144 valence electrons. The van der Waals surface area contributed by atoms with E-state index in [-0.39, 0.29) is 0 Å². The van der Waals surface area contributed by atoms with Crippen LogP contribution in [0.3, 0.4) is 0 Å². The van der Waals surface area contributed by atoms with Crippen LogP contribution in [-0.4, -0.2) is 5.78 Å². The van der Waals surface area contributed by atoms with Crippen molar-refractivity contribution in [1.29, 1.82) is 0 Å². The molecule has 0 radical (unpaired) electrons. The summed E-state index contributed by atoms with van der Waals surface area (Å²) in [7, 11) is 0. The molecule has 0 saturated heterocycles. The number of rotatable bonds is 19. The van der Waals surface area contributed by atoms with Crippen LogP contribution < -0.4 is 0 Å². The highest BCUT2D eigenvalue weighted by Gasteiger charge is 2.10. The Morgan fingerprint density at radius 2 is 0.958 bits per heavy atom. The Hall–Kier alpha value is -0.330. The van der Waals surface area contributed by atoms with E-state index in [0.717, 1.165) is 31.6 Å². The molecule has 0 aromatic rings. The lowest BCUT2D eigenvalue weighted by molar-refractivity contribution is -0.119. The fraction of sp³-hybridized carbons (Fsp3) is 0.957. The summed E-state index contributed by atoms with van der Waals surface area (Å²) in [5.41, 5.74) is 0. The van der Waals surface area contributed by atoms with Crippen LogP contribution in [0.5, 0.6) is 0 Å². The van der Waals surface area contributed by atoms with Crippen LogP contribution in [0.2, 0.25) is 0 Å². The average molecular weight is 339 g/mol. The highest BCUT2D eigenvalue weighted by atomic mass is 16.1. The van der Waals surface area contributed by atoms with Crippen molar-refractivity contribution in [3.63, 3.8) is 0 Å². The first-order valence-electron chi connectivity index (χ1n) is 11.3. The summed E-state index contributed by atoms with van der Waals surface area (Å²) < 4.78 is 0. The van der Waals surface area contributed by atoms with E-state index in [1.807, 2.05) is 0 Å². The summed E-state index contributed by atoms with van der Waals surface area (Å²) in [5.74, 6) is 1.40. The highest BCUT2D eigenvalue weighted by molar-refractivity contribution is 5.78. The Labute approximate surface area is 153 Å². The van der Waals surface area contributed by atoms with E-state index in [4.69, 9.17) is 0 Å². The molecular formula is C23H46O. The van der Waals surface area contributed by atoms with Crippen molar-refractivity contribution in [1.82, 2.24) is 0 Å². The predicted octanol–water partition coefficient (Wildman–Crippen LogP) is 8.25. The third-order valence-electron chi connectivity index (χ3n) is 5.31. The van der Waals surface area contributed by atoms with Crippen LogP contribution in [0, 0.1) is 5.92 Å². The first-order valence-corrected chi connectivity index (χ1v) is 11.3. The van der Waals surface area contributed by atoms with Gasteiger partial charge in [0.25, 0.3) is 0 Å². The smallest absolute Gasteiger partial charge is 0.132 e. The van der Waals surface area contributed by atoms with Crippen molar-refractivity contribution in [2.45, 2.75) is 136 Å². The SMILES string of the molecule is CCCCCCCCC(=O)CCCC(CCCCC)CCCCC. The lowest BCUT2D eigenvalue weighted by Gasteiger charge is -2.16. The average Bonchev–Trinajstić information content (AvgIpc) is 2.58. The number of carbonyl (C=O) groups excluding carboxylic acids is 1. The minimum Gasteiger partial charge on any atom is -0.300 e. The van der Waals surface area contributed by atoms with Gasteiger partial charge in [-0.15, -0.1) is 0 Å². The van der Waals surface area contributed by atoms with E-state index in [0.29, 0.717) is 5.78 Å².